The first-order chi connectivity index (χ1) is 7.71. The zero-order chi connectivity index (χ0) is 13.2. The lowest BCUT2D eigenvalue weighted by Crippen LogP contribution is -2.26. The van der Waals surface area contributed by atoms with Gasteiger partial charge in [0.1, 0.15) is 5.15 Å². The molecule has 1 aromatic heterocycles. The van der Waals surface area contributed by atoms with Gasteiger partial charge in [0.15, 0.2) is 0 Å². The molecule has 96 valence electrons. The first-order valence-corrected chi connectivity index (χ1v) is 7.42. The molecule has 0 N–H and O–H groups in total. The Morgan fingerprint density at radius 3 is 2.53 bits per heavy atom. The molecule has 0 fully saturated rings. The minimum absolute atomic E-state index is 0.164. The third kappa shape index (κ3) is 4.07. The molecule has 0 saturated carbocycles. The zero-order valence-corrected chi connectivity index (χ0v) is 12.7. The lowest BCUT2D eigenvalue weighted by molar-refractivity contribution is 0.642. The molecule has 0 aliphatic carbocycles. The molecule has 2 atom stereocenters. The van der Waals surface area contributed by atoms with Crippen molar-refractivity contribution in [1.82, 2.24) is 4.98 Å². The summed E-state index contributed by atoms with van der Waals surface area (Å²) in [5, 5.41) is 0.540. The Kier molecular flexibility index (Phi) is 4.73. The van der Waals surface area contributed by atoms with Crippen LogP contribution in [0.1, 0.15) is 44.7 Å². The summed E-state index contributed by atoms with van der Waals surface area (Å²) < 4.78 is 11.9. The monoisotopic (exact) mass is 273 g/mol. The van der Waals surface area contributed by atoms with E-state index in [0.29, 0.717) is 10.9 Å². The van der Waals surface area contributed by atoms with E-state index in [1.54, 1.807) is 6.20 Å². The molecule has 2 unspecified atom stereocenters. The highest BCUT2D eigenvalue weighted by molar-refractivity contribution is 7.86. The SMILES string of the molecule is Cc1cc(C(C)CS(=O)C(C)(C)C)cnc1Cl. The van der Waals surface area contributed by atoms with Crippen LogP contribution in [0.3, 0.4) is 0 Å². The van der Waals surface area contributed by atoms with Crippen LogP contribution in [-0.4, -0.2) is 19.7 Å². The van der Waals surface area contributed by atoms with E-state index in [0.717, 1.165) is 11.1 Å². The number of rotatable bonds is 3. The summed E-state index contributed by atoms with van der Waals surface area (Å²) in [6, 6.07) is 2.03. The predicted molar refractivity (Wildman–Crippen MR) is 75.2 cm³/mol. The summed E-state index contributed by atoms with van der Waals surface area (Å²) in [6.07, 6.45) is 1.78. The molecule has 0 radical (unpaired) electrons. The fourth-order valence-corrected chi connectivity index (χ4v) is 2.67. The van der Waals surface area contributed by atoms with Gasteiger partial charge in [-0.15, -0.1) is 0 Å². The van der Waals surface area contributed by atoms with E-state index in [9.17, 15) is 4.21 Å². The second-order valence-electron chi connectivity index (χ2n) is 5.40. The molecule has 0 spiro atoms. The quantitative estimate of drug-likeness (QED) is 0.786. The number of pyridine rings is 1. The third-order valence-electron chi connectivity index (χ3n) is 2.69. The highest BCUT2D eigenvalue weighted by Gasteiger charge is 2.22. The van der Waals surface area contributed by atoms with Crippen molar-refractivity contribution in [3.63, 3.8) is 0 Å². The summed E-state index contributed by atoms with van der Waals surface area (Å²) in [7, 11) is -0.841. The Balaban J connectivity index is 2.80. The third-order valence-corrected chi connectivity index (χ3v) is 5.25. The Morgan fingerprint density at radius 2 is 2.06 bits per heavy atom. The Morgan fingerprint density at radius 1 is 1.47 bits per heavy atom. The van der Waals surface area contributed by atoms with Gasteiger partial charge >= 0.3 is 0 Å². The van der Waals surface area contributed by atoms with Gasteiger partial charge in [0.2, 0.25) is 0 Å². The van der Waals surface area contributed by atoms with Gasteiger partial charge < -0.3 is 0 Å². The molecule has 1 rings (SSSR count). The predicted octanol–water partition coefficient (Wildman–Crippen LogP) is 3.69. The number of aryl methyl sites for hydroxylation is 1. The van der Waals surface area contributed by atoms with Crippen molar-refractivity contribution in [3.8, 4) is 0 Å². The van der Waals surface area contributed by atoms with Crippen LogP contribution >= 0.6 is 11.6 Å². The van der Waals surface area contributed by atoms with Crippen molar-refractivity contribution >= 4 is 22.4 Å². The number of halogens is 1. The lowest BCUT2D eigenvalue weighted by atomic mass is 10.0. The van der Waals surface area contributed by atoms with Gasteiger partial charge in [0.25, 0.3) is 0 Å². The van der Waals surface area contributed by atoms with Crippen LogP contribution in [-0.2, 0) is 10.8 Å². The van der Waals surface area contributed by atoms with Gasteiger partial charge in [-0.05, 0) is 44.7 Å². The van der Waals surface area contributed by atoms with Gasteiger partial charge in [-0.2, -0.15) is 0 Å². The molecule has 1 aromatic rings. The number of aromatic nitrogens is 1. The minimum Gasteiger partial charge on any atom is -0.259 e. The van der Waals surface area contributed by atoms with Crippen LogP contribution in [0.15, 0.2) is 12.3 Å². The van der Waals surface area contributed by atoms with Gasteiger partial charge in [0, 0.05) is 27.5 Å². The maximum atomic E-state index is 12.1. The van der Waals surface area contributed by atoms with Gasteiger partial charge in [-0.1, -0.05) is 24.6 Å². The molecule has 0 aliphatic heterocycles. The van der Waals surface area contributed by atoms with Crippen molar-refractivity contribution in [2.75, 3.05) is 5.75 Å². The van der Waals surface area contributed by atoms with Crippen LogP contribution in [0.5, 0.6) is 0 Å². The van der Waals surface area contributed by atoms with Crippen molar-refractivity contribution in [1.29, 1.82) is 0 Å². The second-order valence-corrected chi connectivity index (χ2v) is 8.01. The second kappa shape index (κ2) is 5.49. The lowest BCUT2D eigenvalue weighted by Gasteiger charge is -2.21. The molecule has 0 aliphatic rings. The average Bonchev–Trinajstić information content (AvgIpc) is 2.20. The van der Waals surface area contributed by atoms with Crippen LogP contribution in [0.2, 0.25) is 5.15 Å². The number of hydrogen-bond acceptors (Lipinski definition) is 2. The Labute approximate surface area is 111 Å². The summed E-state index contributed by atoms with van der Waals surface area (Å²) >= 11 is 5.89. The standard InChI is InChI=1S/C13H20ClNOS/c1-9-6-11(7-15-12(9)14)10(2)8-17(16)13(3,4)5/h6-7,10H,8H2,1-5H3. The topological polar surface area (TPSA) is 30.0 Å². The van der Waals surface area contributed by atoms with Crippen molar-refractivity contribution in [3.05, 3.63) is 28.5 Å². The van der Waals surface area contributed by atoms with Crippen LogP contribution in [0.25, 0.3) is 0 Å². The van der Waals surface area contributed by atoms with Crippen LogP contribution in [0.4, 0.5) is 0 Å². The molecular formula is C13H20ClNOS. The Hall–Kier alpha value is -0.410. The molecule has 4 heteroatoms. The van der Waals surface area contributed by atoms with E-state index in [4.69, 9.17) is 11.6 Å². The first-order valence-electron chi connectivity index (χ1n) is 5.72. The van der Waals surface area contributed by atoms with E-state index in [1.807, 2.05) is 33.8 Å². The van der Waals surface area contributed by atoms with E-state index in [2.05, 4.69) is 11.9 Å². The van der Waals surface area contributed by atoms with E-state index in [-0.39, 0.29) is 10.7 Å². The maximum Gasteiger partial charge on any atom is 0.131 e. The average molecular weight is 274 g/mol. The van der Waals surface area contributed by atoms with E-state index in [1.165, 1.54) is 0 Å². The molecule has 0 bridgehead atoms. The van der Waals surface area contributed by atoms with Crippen molar-refractivity contribution < 1.29 is 4.21 Å². The highest BCUT2D eigenvalue weighted by Crippen LogP contribution is 2.23. The van der Waals surface area contributed by atoms with Gasteiger partial charge in [-0.3, -0.25) is 4.21 Å². The molecule has 1 heterocycles. The molecule has 2 nitrogen and oxygen atoms in total. The normalized spacial score (nSPS) is 15.6. The Bertz CT molecular complexity index is 426. The molecule has 0 amide bonds. The fourth-order valence-electron chi connectivity index (χ4n) is 1.42. The summed E-state index contributed by atoms with van der Waals surface area (Å²) in [6.45, 7) is 10.0. The van der Waals surface area contributed by atoms with Gasteiger partial charge in [0.05, 0.1) is 0 Å². The summed E-state index contributed by atoms with van der Waals surface area (Å²) in [5.41, 5.74) is 2.07. The van der Waals surface area contributed by atoms with Crippen molar-refractivity contribution in [2.24, 2.45) is 0 Å². The summed E-state index contributed by atoms with van der Waals surface area (Å²) in [4.78, 5) is 4.14. The smallest absolute Gasteiger partial charge is 0.131 e. The zero-order valence-electron chi connectivity index (χ0n) is 11.1. The fraction of sp³-hybridized carbons (Fsp3) is 0.615. The largest absolute Gasteiger partial charge is 0.259 e. The molecule has 0 saturated heterocycles. The molecular weight excluding hydrogens is 254 g/mol. The number of nitrogens with zero attached hydrogens (tertiary/aromatic N) is 1. The highest BCUT2D eigenvalue weighted by atomic mass is 35.5. The number of hydrogen-bond donors (Lipinski definition) is 0. The first kappa shape index (κ1) is 14.7. The molecule has 17 heavy (non-hydrogen) atoms. The molecule has 0 aromatic carbocycles. The van der Waals surface area contributed by atoms with Gasteiger partial charge in [-0.25, -0.2) is 4.98 Å². The summed E-state index contributed by atoms with van der Waals surface area (Å²) in [5.74, 6) is 0.894. The van der Waals surface area contributed by atoms with E-state index >= 15 is 0 Å². The van der Waals surface area contributed by atoms with Crippen LogP contribution < -0.4 is 0 Å². The maximum absolute atomic E-state index is 12.1. The minimum atomic E-state index is -0.841. The van der Waals surface area contributed by atoms with Crippen molar-refractivity contribution in [2.45, 2.75) is 45.3 Å². The van der Waals surface area contributed by atoms with Crippen LogP contribution in [0, 0.1) is 6.92 Å². The van der Waals surface area contributed by atoms with E-state index < -0.39 is 10.8 Å².